The van der Waals surface area contributed by atoms with Crippen molar-refractivity contribution < 1.29 is 4.74 Å². The zero-order valence-electron chi connectivity index (χ0n) is 10.1. The summed E-state index contributed by atoms with van der Waals surface area (Å²) in [4.78, 5) is 1.54. The second-order valence-corrected chi connectivity index (χ2v) is 6.66. The molecule has 0 aromatic heterocycles. The fourth-order valence-electron chi connectivity index (χ4n) is 2.55. The molecule has 1 heterocycles. The quantitative estimate of drug-likeness (QED) is 0.734. The van der Waals surface area contributed by atoms with Gasteiger partial charge in [0.15, 0.2) is 4.90 Å². The molecule has 17 heavy (non-hydrogen) atoms. The maximum absolute atomic E-state index is 5.45. The van der Waals surface area contributed by atoms with Gasteiger partial charge < -0.3 is 4.74 Å². The van der Waals surface area contributed by atoms with E-state index in [0.717, 1.165) is 5.75 Å². The van der Waals surface area contributed by atoms with Gasteiger partial charge in [0.05, 0.1) is 7.11 Å². The number of methoxy groups -OCH3 is 1. The molecule has 88 valence electrons. The lowest BCUT2D eigenvalue weighted by atomic mass is 10.1. The van der Waals surface area contributed by atoms with Crippen LogP contribution in [0.3, 0.4) is 0 Å². The minimum Gasteiger partial charge on any atom is -0.496 e. The highest BCUT2D eigenvalue weighted by molar-refractivity contribution is 7.97. The number of fused-ring (bicyclic) bond motifs is 1. The zero-order valence-corrected chi connectivity index (χ0v) is 10.9. The fraction of sp³-hybridized carbons (Fsp3) is 0.333. The predicted molar refractivity (Wildman–Crippen MR) is 75.1 cm³/mol. The van der Waals surface area contributed by atoms with E-state index in [0.29, 0.717) is 10.9 Å². The van der Waals surface area contributed by atoms with E-state index in [2.05, 4.69) is 36.4 Å². The second kappa shape index (κ2) is 4.61. The van der Waals surface area contributed by atoms with Gasteiger partial charge in [-0.25, -0.2) is 0 Å². The van der Waals surface area contributed by atoms with Crippen LogP contribution in [0.25, 0.3) is 10.8 Å². The molecule has 2 heteroatoms. The fourth-order valence-corrected chi connectivity index (χ4v) is 5.05. The highest BCUT2D eigenvalue weighted by atomic mass is 32.2. The maximum atomic E-state index is 5.45. The highest BCUT2D eigenvalue weighted by Crippen LogP contribution is 2.34. The summed E-state index contributed by atoms with van der Waals surface area (Å²) in [6.45, 7) is 0. The number of rotatable bonds is 2. The molecular weight excluding hydrogens is 228 g/mol. The number of hydrogen-bond donors (Lipinski definition) is 0. The van der Waals surface area contributed by atoms with E-state index in [4.69, 9.17) is 4.74 Å². The maximum Gasteiger partial charge on any atom is 0.162 e. The zero-order chi connectivity index (χ0) is 11.7. The van der Waals surface area contributed by atoms with Crippen LogP contribution in [0.2, 0.25) is 0 Å². The molecule has 0 N–H and O–H groups in total. The van der Waals surface area contributed by atoms with Crippen LogP contribution in [0.5, 0.6) is 5.75 Å². The predicted octanol–water partition coefficient (Wildman–Crippen LogP) is 3.62. The Morgan fingerprint density at radius 2 is 1.65 bits per heavy atom. The smallest absolute Gasteiger partial charge is 0.162 e. The normalized spacial score (nSPS) is 16.5. The average Bonchev–Trinajstić information content (AvgIpc) is 2.91. The Morgan fingerprint density at radius 1 is 0.941 bits per heavy atom. The van der Waals surface area contributed by atoms with Crippen molar-refractivity contribution in [1.29, 1.82) is 0 Å². The summed E-state index contributed by atoms with van der Waals surface area (Å²) < 4.78 is 5.45. The molecule has 3 rings (SSSR count). The second-order valence-electron chi connectivity index (χ2n) is 4.42. The molecule has 1 fully saturated rings. The van der Waals surface area contributed by atoms with Gasteiger partial charge in [0.2, 0.25) is 0 Å². The first-order valence-corrected chi connectivity index (χ1v) is 7.69. The molecule has 2 aromatic rings. The molecule has 1 nitrogen and oxygen atoms in total. The average molecular weight is 245 g/mol. The van der Waals surface area contributed by atoms with Gasteiger partial charge in [0.25, 0.3) is 0 Å². The van der Waals surface area contributed by atoms with Gasteiger partial charge >= 0.3 is 0 Å². The molecule has 1 saturated heterocycles. The third-order valence-corrected chi connectivity index (χ3v) is 5.95. The topological polar surface area (TPSA) is 9.23 Å². The van der Waals surface area contributed by atoms with Crippen molar-refractivity contribution >= 4 is 21.7 Å². The Bertz CT molecular complexity index is 529. The molecule has 0 atom stereocenters. The van der Waals surface area contributed by atoms with Crippen LogP contribution in [0, 0.1) is 0 Å². The molecule has 0 saturated carbocycles. The first kappa shape index (κ1) is 11.0. The molecule has 0 amide bonds. The van der Waals surface area contributed by atoms with Crippen molar-refractivity contribution in [1.82, 2.24) is 0 Å². The van der Waals surface area contributed by atoms with Crippen molar-refractivity contribution in [2.45, 2.75) is 17.7 Å². The summed E-state index contributed by atoms with van der Waals surface area (Å²) in [6, 6.07) is 13.0. The van der Waals surface area contributed by atoms with Crippen molar-refractivity contribution in [3.8, 4) is 5.75 Å². The lowest BCUT2D eigenvalue weighted by Gasteiger charge is -2.08. The van der Waals surface area contributed by atoms with Crippen molar-refractivity contribution in [2.75, 3.05) is 18.6 Å². The largest absolute Gasteiger partial charge is 0.496 e. The molecule has 1 aliphatic heterocycles. The van der Waals surface area contributed by atoms with Crippen LogP contribution in [0.4, 0.5) is 0 Å². The molecule has 0 aliphatic carbocycles. The van der Waals surface area contributed by atoms with Gasteiger partial charge in [-0.2, -0.15) is 0 Å². The molecule has 0 bridgehead atoms. The minimum atomic E-state index is 0.469. The van der Waals surface area contributed by atoms with E-state index in [1.54, 1.807) is 12.0 Å². The van der Waals surface area contributed by atoms with Gasteiger partial charge in [-0.3, -0.25) is 0 Å². The van der Waals surface area contributed by atoms with E-state index in [9.17, 15) is 0 Å². The van der Waals surface area contributed by atoms with Crippen LogP contribution in [-0.2, 0) is 10.9 Å². The monoisotopic (exact) mass is 245 g/mol. The molecular formula is C15H17OS+. The van der Waals surface area contributed by atoms with Crippen LogP contribution in [0.15, 0.2) is 41.3 Å². The van der Waals surface area contributed by atoms with Crippen LogP contribution in [0.1, 0.15) is 12.8 Å². The van der Waals surface area contributed by atoms with E-state index in [1.165, 1.54) is 35.1 Å². The van der Waals surface area contributed by atoms with E-state index >= 15 is 0 Å². The number of ether oxygens (including phenoxy) is 1. The Morgan fingerprint density at radius 3 is 2.35 bits per heavy atom. The summed E-state index contributed by atoms with van der Waals surface area (Å²) >= 11 is 0. The number of benzene rings is 2. The SMILES string of the molecule is COc1ccc([S+]2CCCC2)c2ccccc12. The van der Waals surface area contributed by atoms with Crippen molar-refractivity contribution in [3.05, 3.63) is 36.4 Å². The Kier molecular flexibility index (Phi) is 2.98. The molecule has 0 spiro atoms. The molecule has 1 aliphatic rings. The molecule has 2 aromatic carbocycles. The standard InChI is InChI=1S/C15H17OS/c1-16-14-8-9-15(17-10-4-5-11-17)13-7-3-2-6-12(13)14/h2-3,6-9H,4-5,10-11H2,1H3/q+1. The van der Waals surface area contributed by atoms with Gasteiger partial charge in [0.1, 0.15) is 17.3 Å². The van der Waals surface area contributed by atoms with Crippen molar-refractivity contribution in [2.24, 2.45) is 0 Å². The Hall–Kier alpha value is -1.15. The van der Waals surface area contributed by atoms with Crippen LogP contribution in [-0.4, -0.2) is 18.6 Å². The minimum absolute atomic E-state index is 0.469. The third-order valence-electron chi connectivity index (χ3n) is 3.41. The summed E-state index contributed by atoms with van der Waals surface area (Å²) in [6.07, 6.45) is 2.78. The van der Waals surface area contributed by atoms with Crippen molar-refractivity contribution in [3.63, 3.8) is 0 Å². The summed E-state index contributed by atoms with van der Waals surface area (Å²) in [5, 5.41) is 2.64. The molecule has 0 unspecified atom stereocenters. The number of hydrogen-bond acceptors (Lipinski definition) is 1. The van der Waals surface area contributed by atoms with Gasteiger partial charge in [-0.1, -0.05) is 18.2 Å². The van der Waals surface area contributed by atoms with Crippen LogP contribution >= 0.6 is 0 Å². The van der Waals surface area contributed by atoms with E-state index < -0.39 is 0 Å². The van der Waals surface area contributed by atoms with Gasteiger partial charge in [-0.15, -0.1) is 0 Å². The van der Waals surface area contributed by atoms with Crippen LogP contribution < -0.4 is 4.74 Å². The summed E-state index contributed by atoms with van der Waals surface area (Å²) in [5.41, 5.74) is 0. The third kappa shape index (κ3) is 1.91. The first-order chi connectivity index (χ1) is 8.40. The lowest BCUT2D eigenvalue weighted by Crippen LogP contribution is -2.04. The van der Waals surface area contributed by atoms with Gasteiger partial charge in [-0.05, 0) is 31.0 Å². The highest BCUT2D eigenvalue weighted by Gasteiger charge is 2.28. The summed E-state index contributed by atoms with van der Waals surface area (Å²) in [5.74, 6) is 3.74. The van der Waals surface area contributed by atoms with E-state index in [1.807, 2.05) is 0 Å². The Labute approximate surface area is 105 Å². The summed E-state index contributed by atoms with van der Waals surface area (Å²) in [7, 11) is 2.22. The van der Waals surface area contributed by atoms with E-state index in [-0.39, 0.29) is 0 Å². The lowest BCUT2D eigenvalue weighted by molar-refractivity contribution is 0.419. The molecule has 0 radical (unpaired) electrons. The first-order valence-electron chi connectivity index (χ1n) is 6.13. The Balaban J connectivity index is 2.19. The van der Waals surface area contributed by atoms with Gasteiger partial charge in [0, 0.05) is 21.7 Å².